The molecule has 0 bridgehead atoms. The molecule has 5 nitrogen and oxygen atoms in total. The number of rotatable bonds is 9. The van der Waals surface area contributed by atoms with E-state index in [1.54, 1.807) is 30.9 Å². The topological polar surface area (TPSA) is 59.5 Å². The number of ether oxygens (including phenoxy) is 1. The van der Waals surface area contributed by atoms with Crippen LogP contribution in [0.15, 0.2) is 54.6 Å². The van der Waals surface area contributed by atoms with Crippen molar-refractivity contribution < 1.29 is 18.7 Å². The number of benzene rings is 2. The standard InChI is InChI=1S/C25H27FN2O3S/c1-4-31-24(30)23-18(3)32-25(27-23)28(15-14-19-8-6-5-7-9-19)22(29)16-17(2)20-10-12-21(26)13-11-20/h5-13,17H,4,14-16H2,1-3H3. The Bertz CT molecular complexity index is 1050. The molecule has 2 aromatic carbocycles. The predicted octanol–water partition coefficient (Wildman–Crippen LogP) is 5.54. The molecule has 0 N–H and O–H groups in total. The lowest BCUT2D eigenvalue weighted by Gasteiger charge is -2.22. The number of esters is 1. The Balaban J connectivity index is 1.83. The van der Waals surface area contributed by atoms with Gasteiger partial charge in [0, 0.05) is 17.8 Å². The SMILES string of the molecule is CCOC(=O)c1nc(N(CCc2ccccc2)C(=O)CC(C)c2ccc(F)cc2)sc1C. The molecule has 1 atom stereocenters. The van der Waals surface area contributed by atoms with E-state index in [-0.39, 0.29) is 36.4 Å². The number of thiazole rings is 1. The number of amides is 1. The van der Waals surface area contributed by atoms with Crippen LogP contribution in [0.5, 0.6) is 0 Å². The summed E-state index contributed by atoms with van der Waals surface area (Å²) in [5.74, 6) is -0.973. The summed E-state index contributed by atoms with van der Waals surface area (Å²) >= 11 is 1.31. The summed E-state index contributed by atoms with van der Waals surface area (Å²) in [6.45, 7) is 6.18. The van der Waals surface area contributed by atoms with E-state index in [4.69, 9.17) is 4.74 Å². The number of carbonyl (C=O) groups excluding carboxylic acids is 2. The minimum Gasteiger partial charge on any atom is -0.461 e. The lowest BCUT2D eigenvalue weighted by atomic mass is 9.97. The zero-order valence-electron chi connectivity index (χ0n) is 18.5. The molecule has 0 saturated heterocycles. The fourth-order valence-electron chi connectivity index (χ4n) is 3.38. The lowest BCUT2D eigenvalue weighted by Crippen LogP contribution is -2.33. The van der Waals surface area contributed by atoms with Crippen LogP contribution in [0.1, 0.15) is 52.7 Å². The molecular formula is C25H27FN2O3S. The maximum atomic E-state index is 13.3. The van der Waals surface area contributed by atoms with Gasteiger partial charge in [-0.3, -0.25) is 9.69 Å². The molecule has 1 amide bonds. The number of hydrogen-bond donors (Lipinski definition) is 0. The fourth-order valence-corrected chi connectivity index (χ4v) is 4.32. The third kappa shape index (κ3) is 6.01. The van der Waals surface area contributed by atoms with E-state index < -0.39 is 5.97 Å². The summed E-state index contributed by atoms with van der Waals surface area (Å²) in [5, 5.41) is 0.484. The van der Waals surface area contributed by atoms with Crippen LogP contribution in [0.2, 0.25) is 0 Å². The van der Waals surface area contributed by atoms with E-state index in [9.17, 15) is 14.0 Å². The van der Waals surface area contributed by atoms with Crippen molar-refractivity contribution in [1.82, 2.24) is 4.98 Å². The highest BCUT2D eigenvalue weighted by atomic mass is 32.1. The number of carbonyl (C=O) groups is 2. The van der Waals surface area contributed by atoms with Crippen LogP contribution in [-0.4, -0.2) is 30.0 Å². The molecule has 0 fully saturated rings. The number of halogens is 1. The van der Waals surface area contributed by atoms with Gasteiger partial charge in [0.15, 0.2) is 10.8 Å². The van der Waals surface area contributed by atoms with Crippen LogP contribution in [-0.2, 0) is 16.0 Å². The Kier molecular flexibility index (Phi) is 8.11. The molecular weight excluding hydrogens is 427 g/mol. The Labute approximate surface area is 191 Å². The molecule has 0 aliphatic rings. The van der Waals surface area contributed by atoms with Gasteiger partial charge in [-0.25, -0.2) is 14.2 Å². The molecule has 168 valence electrons. The Morgan fingerprint density at radius 3 is 2.47 bits per heavy atom. The van der Waals surface area contributed by atoms with E-state index in [2.05, 4.69) is 4.98 Å². The lowest BCUT2D eigenvalue weighted by molar-refractivity contribution is -0.118. The van der Waals surface area contributed by atoms with Crippen molar-refractivity contribution in [3.8, 4) is 0 Å². The number of aryl methyl sites for hydroxylation is 1. The van der Waals surface area contributed by atoms with Crippen LogP contribution in [0, 0.1) is 12.7 Å². The highest BCUT2D eigenvalue weighted by Crippen LogP contribution is 2.29. The first kappa shape index (κ1) is 23.6. The second kappa shape index (κ2) is 11.0. The zero-order chi connectivity index (χ0) is 23.1. The van der Waals surface area contributed by atoms with Crippen molar-refractivity contribution in [2.75, 3.05) is 18.1 Å². The summed E-state index contributed by atoms with van der Waals surface area (Å²) < 4.78 is 18.4. The maximum absolute atomic E-state index is 13.3. The minimum absolute atomic E-state index is 0.0899. The van der Waals surface area contributed by atoms with Gasteiger partial charge in [0.25, 0.3) is 0 Å². The molecule has 0 spiro atoms. The highest BCUT2D eigenvalue weighted by Gasteiger charge is 2.25. The van der Waals surface area contributed by atoms with Gasteiger partial charge in [0.2, 0.25) is 5.91 Å². The Morgan fingerprint density at radius 2 is 1.81 bits per heavy atom. The highest BCUT2D eigenvalue weighted by molar-refractivity contribution is 7.16. The van der Waals surface area contributed by atoms with Gasteiger partial charge in [-0.05, 0) is 49.4 Å². The van der Waals surface area contributed by atoms with Gasteiger partial charge in [-0.1, -0.05) is 49.4 Å². The van der Waals surface area contributed by atoms with Crippen molar-refractivity contribution in [1.29, 1.82) is 0 Å². The van der Waals surface area contributed by atoms with Crippen molar-refractivity contribution in [3.63, 3.8) is 0 Å². The van der Waals surface area contributed by atoms with Crippen LogP contribution in [0.25, 0.3) is 0 Å². The summed E-state index contributed by atoms with van der Waals surface area (Å²) in [6, 6.07) is 16.1. The van der Waals surface area contributed by atoms with Gasteiger partial charge in [0.05, 0.1) is 6.61 Å². The minimum atomic E-state index is -0.484. The molecule has 3 rings (SSSR count). The monoisotopic (exact) mass is 454 g/mol. The first-order valence-corrected chi connectivity index (χ1v) is 11.4. The largest absolute Gasteiger partial charge is 0.461 e. The summed E-state index contributed by atoms with van der Waals surface area (Å²) in [4.78, 5) is 32.4. The van der Waals surface area contributed by atoms with Gasteiger partial charge in [-0.15, -0.1) is 11.3 Å². The first-order valence-electron chi connectivity index (χ1n) is 10.6. The Morgan fingerprint density at radius 1 is 1.12 bits per heavy atom. The van der Waals surface area contributed by atoms with Crippen molar-refractivity contribution in [2.24, 2.45) is 0 Å². The number of aromatic nitrogens is 1. The summed E-state index contributed by atoms with van der Waals surface area (Å²) in [6.07, 6.45) is 0.901. The molecule has 0 saturated carbocycles. The van der Waals surface area contributed by atoms with Crippen LogP contribution in [0.4, 0.5) is 9.52 Å². The molecule has 1 heterocycles. The fraction of sp³-hybridized carbons (Fsp3) is 0.320. The van der Waals surface area contributed by atoms with Gasteiger partial charge in [0.1, 0.15) is 5.82 Å². The number of anilines is 1. The number of nitrogens with zero attached hydrogens (tertiary/aromatic N) is 2. The average molecular weight is 455 g/mol. The van der Waals surface area contributed by atoms with E-state index in [0.29, 0.717) is 23.0 Å². The van der Waals surface area contributed by atoms with Crippen LogP contribution >= 0.6 is 11.3 Å². The molecule has 3 aromatic rings. The summed E-state index contributed by atoms with van der Waals surface area (Å²) in [7, 11) is 0. The third-order valence-corrected chi connectivity index (χ3v) is 6.17. The summed E-state index contributed by atoms with van der Waals surface area (Å²) in [5.41, 5.74) is 2.25. The molecule has 1 unspecified atom stereocenters. The second-order valence-electron chi connectivity index (χ2n) is 7.56. The molecule has 7 heteroatoms. The predicted molar refractivity (Wildman–Crippen MR) is 125 cm³/mol. The molecule has 0 radical (unpaired) electrons. The van der Waals surface area contributed by atoms with E-state index in [0.717, 1.165) is 11.1 Å². The van der Waals surface area contributed by atoms with Crippen molar-refractivity contribution in [3.05, 3.63) is 82.1 Å². The maximum Gasteiger partial charge on any atom is 0.358 e. The van der Waals surface area contributed by atoms with E-state index in [1.807, 2.05) is 37.3 Å². The molecule has 1 aromatic heterocycles. The van der Waals surface area contributed by atoms with Gasteiger partial charge < -0.3 is 4.74 Å². The molecule has 32 heavy (non-hydrogen) atoms. The number of hydrogen-bond acceptors (Lipinski definition) is 5. The smallest absolute Gasteiger partial charge is 0.358 e. The van der Waals surface area contributed by atoms with E-state index >= 15 is 0 Å². The Hall–Kier alpha value is -3.06. The normalized spacial score (nSPS) is 11.8. The third-order valence-electron chi connectivity index (χ3n) is 5.17. The average Bonchev–Trinajstić information content (AvgIpc) is 3.16. The van der Waals surface area contributed by atoms with Gasteiger partial charge >= 0.3 is 5.97 Å². The van der Waals surface area contributed by atoms with Gasteiger partial charge in [-0.2, -0.15) is 0 Å². The quantitative estimate of drug-likeness (QED) is 0.399. The zero-order valence-corrected chi connectivity index (χ0v) is 19.3. The van der Waals surface area contributed by atoms with Crippen molar-refractivity contribution in [2.45, 2.75) is 39.5 Å². The van der Waals surface area contributed by atoms with Crippen molar-refractivity contribution >= 4 is 28.3 Å². The molecule has 0 aliphatic heterocycles. The van der Waals surface area contributed by atoms with E-state index in [1.165, 1.54) is 23.5 Å². The van der Waals surface area contributed by atoms with Crippen LogP contribution < -0.4 is 4.90 Å². The van der Waals surface area contributed by atoms with Crippen LogP contribution in [0.3, 0.4) is 0 Å². The first-order chi connectivity index (χ1) is 15.4. The second-order valence-corrected chi connectivity index (χ2v) is 8.74. The molecule has 0 aliphatic carbocycles.